The van der Waals surface area contributed by atoms with Crippen LogP contribution in [0.15, 0.2) is 42.5 Å². The SMILES string of the molecule is COc1cccc2c1nc(N)n2Cc1ccccc1F. The van der Waals surface area contributed by atoms with E-state index in [2.05, 4.69) is 4.98 Å². The van der Waals surface area contributed by atoms with Crippen LogP contribution in [0.1, 0.15) is 5.56 Å². The first-order valence-corrected chi connectivity index (χ1v) is 6.23. The molecule has 0 aliphatic carbocycles. The maximum Gasteiger partial charge on any atom is 0.201 e. The average Bonchev–Trinajstić information content (AvgIpc) is 2.77. The van der Waals surface area contributed by atoms with Crippen molar-refractivity contribution in [1.82, 2.24) is 9.55 Å². The minimum atomic E-state index is -0.253. The Morgan fingerprint density at radius 3 is 2.75 bits per heavy atom. The molecule has 5 heteroatoms. The number of nitrogens with two attached hydrogens (primary N) is 1. The maximum atomic E-state index is 13.8. The van der Waals surface area contributed by atoms with E-state index in [-0.39, 0.29) is 5.82 Å². The average molecular weight is 271 g/mol. The molecule has 102 valence electrons. The molecule has 4 nitrogen and oxygen atoms in total. The Labute approximate surface area is 115 Å². The van der Waals surface area contributed by atoms with Crippen LogP contribution in [0, 0.1) is 5.82 Å². The molecule has 0 aliphatic rings. The predicted molar refractivity (Wildman–Crippen MR) is 76.2 cm³/mol. The zero-order valence-electron chi connectivity index (χ0n) is 11.0. The number of anilines is 1. The molecule has 0 bridgehead atoms. The van der Waals surface area contributed by atoms with E-state index in [1.807, 2.05) is 18.2 Å². The van der Waals surface area contributed by atoms with E-state index >= 15 is 0 Å². The van der Waals surface area contributed by atoms with Crippen molar-refractivity contribution in [3.05, 3.63) is 53.8 Å². The maximum absolute atomic E-state index is 13.8. The summed E-state index contributed by atoms with van der Waals surface area (Å²) >= 11 is 0. The lowest BCUT2D eigenvalue weighted by molar-refractivity contribution is 0.419. The monoisotopic (exact) mass is 271 g/mol. The van der Waals surface area contributed by atoms with Crippen LogP contribution in [0.5, 0.6) is 5.75 Å². The highest BCUT2D eigenvalue weighted by molar-refractivity contribution is 5.84. The van der Waals surface area contributed by atoms with Gasteiger partial charge < -0.3 is 15.0 Å². The fourth-order valence-electron chi connectivity index (χ4n) is 2.27. The lowest BCUT2D eigenvalue weighted by Gasteiger charge is -2.08. The van der Waals surface area contributed by atoms with Gasteiger partial charge in [-0.15, -0.1) is 0 Å². The number of hydrogen-bond donors (Lipinski definition) is 1. The van der Waals surface area contributed by atoms with Crippen LogP contribution in [0.25, 0.3) is 11.0 Å². The second-order valence-electron chi connectivity index (χ2n) is 4.48. The first kappa shape index (κ1) is 12.5. The van der Waals surface area contributed by atoms with Crippen molar-refractivity contribution in [2.45, 2.75) is 6.54 Å². The third kappa shape index (κ3) is 1.97. The number of benzene rings is 2. The highest BCUT2D eigenvalue weighted by Gasteiger charge is 2.13. The molecular weight excluding hydrogens is 257 g/mol. The molecule has 0 atom stereocenters. The van der Waals surface area contributed by atoms with E-state index < -0.39 is 0 Å². The smallest absolute Gasteiger partial charge is 0.201 e. The topological polar surface area (TPSA) is 53.1 Å². The number of halogens is 1. The van der Waals surface area contributed by atoms with Crippen LogP contribution < -0.4 is 10.5 Å². The van der Waals surface area contributed by atoms with E-state index in [1.165, 1.54) is 6.07 Å². The van der Waals surface area contributed by atoms with Crippen molar-refractivity contribution in [3.63, 3.8) is 0 Å². The summed E-state index contributed by atoms with van der Waals surface area (Å²) in [6.45, 7) is 0.335. The first-order chi connectivity index (χ1) is 9.70. The van der Waals surface area contributed by atoms with Gasteiger partial charge >= 0.3 is 0 Å². The van der Waals surface area contributed by atoms with Crippen molar-refractivity contribution < 1.29 is 9.13 Å². The minimum Gasteiger partial charge on any atom is -0.494 e. The predicted octanol–water partition coefficient (Wildman–Crippen LogP) is 2.81. The van der Waals surface area contributed by atoms with Crippen molar-refractivity contribution in [1.29, 1.82) is 0 Å². The zero-order valence-corrected chi connectivity index (χ0v) is 11.0. The summed E-state index contributed by atoms with van der Waals surface area (Å²) in [5.41, 5.74) is 8.03. The van der Waals surface area contributed by atoms with Gasteiger partial charge in [-0.3, -0.25) is 0 Å². The Kier molecular flexibility index (Phi) is 3.02. The number of methoxy groups -OCH3 is 1. The molecule has 20 heavy (non-hydrogen) atoms. The summed E-state index contributed by atoms with van der Waals surface area (Å²) in [6, 6.07) is 12.2. The normalized spacial score (nSPS) is 10.9. The van der Waals surface area contributed by atoms with Crippen LogP contribution >= 0.6 is 0 Å². The number of fused-ring (bicyclic) bond motifs is 1. The molecule has 3 rings (SSSR count). The van der Waals surface area contributed by atoms with Crippen molar-refractivity contribution in [2.24, 2.45) is 0 Å². The van der Waals surface area contributed by atoms with Gasteiger partial charge in [0.15, 0.2) is 0 Å². The summed E-state index contributed by atoms with van der Waals surface area (Å²) in [5.74, 6) is 0.742. The van der Waals surface area contributed by atoms with E-state index in [0.29, 0.717) is 29.3 Å². The van der Waals surface area contributed by atoms with Gasteiger partial charge in [-0.25, -0.2) is 9.37 Å². The third-order valence-electron chi connectivity index (χ3n) is 3.28. The van der Waals surface area contributed by atoms with Crippen LogP contribution in [0.3, 0.4) is 0 Å². The molecule has 3 aromatic rings. The molecule has 0 saturated heterocycles. The summed E-state index contributed by atoms with van der Waals surface area (Å²) in [5, 5.41) is 0. The Morgan fingerprint density at radius 2 is 2.00 bits per heavy atom. The summed E-state index contributed by atoms with van der Waals surface area (Å²) in [6.07, 6.45) is 0. The van der Waals surface area contributed by atoms with Gasteiger partial charge in [0.2, 0.25) is 5.95 Å². The van der Waals surface area contributed by atoms with Gasteiger partial charge in [-0.1, -0.05) is 24.3 Å². The van der Waals surface area contributed by atoms with Crippen LogP contribution in [0.4, 0.5) is 10.3 Å². The lowest BCUT2D eigenvalue weighted by atomic mass is 10.2. The van der Waals surface area contributed by atoms with Crippen LogP contribution in [-0.4, -0.2) is 16.7 Å². The summed E-state index contributed by atoms with van der Waals surface area (Å²) in [7, 11) is 1.58. The van der Waals surface area contributed by atoms with Gasteiger partial charge in [0.25, 0.3) is 0 Å². The number of hydrogen-bond acceptors (Lipinski definition) is 3. The first-order valence-electron chi connectivity index (χ1n) is 6.23. The standard InChI is InChI=1S/C15H14FN3O/c1-20-13-8-4-7-12-14(13)18-15(17)19(12)9-10-5-2-3-6-11(10)16/h2-8H,9H2,1H3,(H2,17,18). The van der Waals surface area contributed by atoms with Gasteiger partial charge in [0.05, 0.1) is 19.2 Å². The summed E-state index contributed by atoms with van der Waals surface area (Å²) < 4.78 is 20.8. The summed E-state index contributed by atoms with van der Waals surface area (Å²) in [4.78, 5) is 4.30. The van der Waals surface area contributed by atoms with Crippen LogP contribution in [-0.2, 0) is 6.54 Å². The fourth-order valence-corrected chi connectivity index (χ4v) is 2.27. The molecule has 0 amide bonds. The molecule has 1 heterocycles. The number of imidazole rings is 1. The van der Waals surface area contributed by atoms with Gasteiger partial charge in [-0.05, 0) is 18.2 Å². The molecule has 0 spiro atoms. The quantitative estimate of drug-likeness (QED) is 0.797. The molecule has 0 unspecified atom stereocenters. The molecule has 0 aliphatic heterocycles. The zero-order chi connectivity index (χ0) is 14.1. The number of aromatic nitrogens is 2. The Hall–Kier alpha value is -2.56. The van der Waals surface area contributed by atoms with Crippen LogP contribution in [0.2, 0.25) is 0 Å². The number of ether oxygens (including phenoxy) is 1. The van der Waals surface area contributed by atoms with E-state index in [1.54, 1.807) is 29.9 Å². The number of nitrogens with zero attached hydrogens (tertiary/aromatic N) is 2. The van der Waals surface area contributed by atoms with Crippen molar-refractivity contribution in [3.8, 4) is 5.75 Å². The molecule has 2 aromatic carbocycles. The lowest BCUT2D eigenvalue weighted by Crippen LogP contribution is -2.05. The van der Waals surface area contributed by atoms with E-state index in [9.17, 15) is 4.39 Å². The Balaban J connectivity index is 2.13. The Bertz CT molecular complexity index is 767. The van der Waals surface area contributed by atoms with Gasteiger partial charge in [-0.2, -0.15) is 0 Å². The molecule has 1 aromatic heterocycles. The highest BCUT2D eigenvalue weighted by Crippen LogP contribution is 2.27. The highest BCUT2D eigenvalue weighted by atomic mass is 19.1. The van der Waals surface area contributed by atoms with Gasteiger partial charge in [0, 0.05) is 5.56 Å². The second-order valence-corrected chi connectivity index (χ2v) is 4.48. The third-order valence-corrected chi connectivity index (χ3v) is 3.28. The molecule has 0 saturated carbocycles. The van der Waals surface area contributed by atoms with Crippen molar-refractivity contribution >= 4 is 17.0 Å². The Morgan fingerprint density at radius 1 is 1.20 bits per heavy atom. The number of para-hydroxylation sites is 1. The molecule has 2 N–H and O–H groups in total. The van der Waals surface area contributed by atoms with Gasteiger partial charge in [0.1, 0.15) is 17.1 Å². The number of rotatable bonds is 3. The van der Waals surface area contributed by atoms with E-state index in [4.69, 9.17) is 10.5 Å². The van der Waals surface area contributed by atoms with Crippen molar-refractivity contribution in [2.75, 3.05) is 12.8 Å². The molecular formula is C15H14FN3O. The largest absolute Gasteiger partial charge is 0.494 e. The minimum absolute atomic E-state index is 0.253. The second kappa shape index (κ2) is 4.85. The molecule has 0 fully saturated rings. The van der Waals surface area contributed by atoms with E-state index in [0.717, 1.165) is 5.52 Å². The number of nitrogen functional groups attached to an aromatic ring is 1. The fraction of sp³-hybridized carbons (Fsp3) is 0.133. The molecule has 0 radical (unpaired) electrons.